The maximum absolute atomic E-state index is 5.63. The second-order valence-electron chi connectivity index (χ2n) is 3.25. The van der Waals surface area contributed by atoms with Gasteiger partial charge in [0.25, 0.3) is 0 Å². The molecule has 2 aliphatic rings. The molecule has 0 saturated carbocycles. The number of hydrogen-bond acceptors (Lipinski definition) is 2. The van der Waals surface area contributed by atoms with Gasteiger partial charge in [-0.3, -0.25) is 0 Å². The first kappa shape index (κ1) is 8.97. The highest BCUT2D eigenvalue weighted by Crippen LogP contribution is 2.30. The van der Waals surface area contributed by atoms with Crippen molar-refractivity contribution in [3.05, 3.63) is 12.2 Å². The van der Waals surface area contributed by atoms with Gasteiger partial charge in [-0.15, -0.1) is 0 Å². The molecule has 1 heterocycles. The van der Waals surface area contributed by atoms with Gasteiger partial charge in [-0.25, -0.2) is 0 Å². The van der Waals surface area contributed by atoms with Crippen LogP contribution in [0.2, 0.25) is 0 Å². The van der Waals surface area contributed by atoms with Crippen molar-refractivity contribution in [2.75, 3.05) is 0 Å². The van der Waals surface area contributed by atoms with Crippen molar-refractivity contribution in [3.63, 3.8) is 0 Å². The van der Waals surface area contributed by atoms with Crippen molar-refractivity contribution in [3.8, 4) is 0 Å². The van der Waals surface area contributed by atoms with Crippen molar-refractivity contribution in [2.24, 2.45) is 0 Å². The molecular formula is C9H13IO2. The smallest absolute Gasteiger partial charge is 0.211 e. The Hall–Kier alpha value is 0.390. The van der Waals surface area contributed by atoms with Crippen LogP contribution in [0, 0.1) is 0 Å². The van der Waals surface area contributed by atoms with Crippen LogP contribution in [0.3, 0.4) is 0 Å². The van der Waals surface area contributed by atoms with Crippen molar-refractivity contribution in [1.82, 2.24) is 0 Å². The maximum Gasteiger partial charge on any atom is 0.211 e. The Bertz CT molecular complexity index is 163. The van der Waals surface area contributed by atoms with E-state index in [9.17, 15) is 0 Å². The lowest BCUT2D eigenvalue weighted by molar-refractivity contribution is 0.0185. The van der Waals surface area contributed by atoms with E-state index in [4.69, 9.17) is 9.47 Å². The van der Waals surface area contributed by atoms with Crippen molar-refractivity contribution >= 4 is 22.6 Å². The van der Waals surface area contributed by atoms with Crippen LogP contribution in [-0.4, -0.2) is 16.5 Å². The summed E-state index contributed by atoms with van der Waals surface area (Å²) in [6.07, 6.45) is 9.68. The Kier molecular flexibility index (Phi) is 3.04. The molecule has 0 bridgehead atoms. The van der Waals surface area contributed by atoms with Gasteiger partial charge in [0, 0.05) is 0 Å². The number of rotatable bonds is 0. The molecule has 0 amide bonds. The van der Waals surface area contributed by atoms with Gasteiger partial charge in [0.05, 0.1) is 12.2 Å². The molecule has 0 N–H and O–H groups in total. The number of allylic oxidation sites excluding steroid dienone is 2. The number of ether oxygens (including phenoxy) is 2. The summed E-state index contributed by atoms with van der Waals surface area (Å²) in [7, 11) is 0. The average Bonchev–Trinajstić information content (AvgIpc) is 2.32. The Morgan fingerprint density at radius 3 is 2.00 bits per heavy atom. The third kappa shape index (κ3) is 2.00. The second-order valence-corrected chi connectivity index (χ2v) is 4.27. The molecular weight excluding hydrogens is 267 g/mol. The Morgan fingerprint density at radius 1 is 1.00 bits per heavy atom. The predicted octanol–water partition coefficient (Wildman–Crippen LogP) is 2.62. The maximum atomic E-state index is 5.63. The van der Waals surface area contributed by atoms with Gasteiger partial charge in [-0.05, 0) is 48.3 Å². The number of fused-ring (bicyclic) bond motifs is 1. The molecule has 1 aliphatic carbocycles. The van der Waals surface area contributed by atoms with Crippen LogP contribution in [0.5, 0.6) is 0 Å². The van der Waals surface area contributed by atoms with Crippen molar-refractivity contribution in [1.29, 1.82) is 0 Å². The zero-order valence-corrected chi connectivity index (χ0v) is 9.07. The van der Waals surface area contributed by atoms with Gasteiger partial charge in [-0.2, -0.15) is 0 Å². The van der Waals surface area contributed by atoms with Crippen LogP contribution in [0.4, 0.5) is 0 Å². The zero-order chi connectivity index (χ0) is 8.39. The van der Waals surface area contributed by atoms with Gasteiger partial charge in [-0.1, -0.05) is 12.2 Å². The van der Waals surface area contributed by atoms with Crippen LogP contribution in [0.1, 0.15) is 25.7 Å². The Labute approximate surface area is 86.4 Å². The standard InChI is InChI=1S/C9H13IO2/c10-9-11-7-5-3-1-2-4-6-8(7)12-9/h1-2,7-9H,3-6H2/b2-1+. The summed E-state index contributed by atoms with van der Waals surface area (Å²) in [6.45, 7) is 0. The predicted molar refractivity (Wildman–Crippen MR) is 55.2 cm³/mol. The lowest BCUT2D eigenvalue weighted by Crippen LogP contribution is -2.22. The molecule has 1 saturated heterocycles. The molecule has 0 aromatic carbocycles. The van der Waals surface area contributed by atoms with E-state index in [0.717, 1.165) is 25.7 Å². The number of halogens is 1. The van der Waals surface area contributed by atoms with Crippen LogP contribution in [0.25, 0.3) is 0 Å². The molecule has 2 rings (SSSR count). The molecule has 2 unspecified atom stereocenters. The molecule has 3 heteroatoms. The van der Waals surface area contributed by atoms with Gasteiger partial charge in [0.2, 0.25) is 4.30 Å². The highest BCUT2D eigenvalue weighted by Gasteiger charge is 2.33. The minimum Gasteiger partial charge on any atom is -0.338 e. The fourth-order valence-electron chi connectivity index (χ4n) is 1.75. The molecule has 68 valence electrons. The molecule has 1 aliphatic heterocycles. The first-order chi connectivity index (χ1) is 5.86. The van der Waals surface area contributed by atoms with Gasteiger partial charge < -0.3 is 9.47 Å². The molecule has 0 aromatic heterocycles. The minimum absolute atomic E-state index is 0.0179. The van der Waals surface area contributed by atoms with Crippen LogP contribution >= 0.6 is 22.6 Å². The normalized spacial score (nSPS) is 44.6. The quantitative estimate of drug-likeness (QED) is 0.386. The largest absolute Gasteiger partial charge is 0.338 e. The highest BCUT2D eigenvalue weighted by atomic mass is 127. The molecule has 0 radical (unpaired) electrons. The number of alkyl halides is 1. The summed E-state index contributed by atoms with van der Waals surface area (Å²) in [5.74, 6) is 0. The third-order valence-electron chi connectivity index (χ3n) is 2.38. The minimum atomic E-state index is -0.0179. The van der Waals surface area contributed by atoms with E-state index in [1.54, 1.807) is 0 Å². The lowest BCUT2D eigenvalue weighted by Gasteiger charge is -2.16. The topological polar surface area (TPSA) is 18.5 Å². The molecule has 2 nitrogen and oxygen atoms in total. The summed E-state index contributed by atoms with van der Waals surface area (Å²) in [6, 6.07) is 0. The Morgan fingerprint density at radius 2 is 1.50 bits per heavy atom. The van der Waals surface area contributed by atoms with Crippen LogP contribution < -0.4 is 0 Å². The Balaban J connectivity index is 1.98. The fourth-order valence-corrected chi connectivity index (χ4v) is 2.50. The van der Waals surface area contributed by atoms with E-state index in [2.05, 4.69) is 34.7 Å². The van der Waals surface area contributed by atoms with E-state index in [0.29, 0.717) is 12.2 Å². The van der Waals surface area contributed by atoms with Crippen molar-refractivity contribution in [2.45, 2.75) is 42.2 Å². The summed E-state index contributed by atoms with van der Waals surface area (Å²) in [5, 5.41) is 0. The van der Waals surface area contributed by atoms with Crippen LogP contribution in [-0.2, 0) is 9.47 Å². The van der Waals surface area contributed by atoms with Crippen LogP contribution in [0.15, 0.2) is 12.2 Å². The van der Waals surface area contributed by atoms with E-state index in [1.807, 2.05) is 0 Å². The second kappa shape index (κ2) is 4.07. The van der Waals surface area contributed by atoms with Gasteiger partial charge in [0.15, 0.2) is 0 Å². The highest BCUT2D eigenvalue weighted by molar-refractivity contribution is 14.1. The van der Waals surface area contributed by atoms with Crippen molar-refractivity contribution < 1.29 is 9.47 Å². The van der Waals surface area contributed by atoms with Gasteiger partial charge in [0.1, 0.15) is 0 Å². The summed E-state index contributed by atoms with van der Waals surface area (Å²) >= 11 is 2.20. The lowest BCUT2D eigenvalue weighted by atomic mass is 10.0. The van der Waals surface area contributed by atoms with Gasteiger partial charge >= 0.3 is 0 Å². The first-order valence-electron chi connectivity index (χ1n) is 4.46. The fraction of sp³-hybridized carbons (Fsp3) is 0.778. The third-order valence-corrected chi connectivity index (χ3v) is 2.97. The van der Waals surface area contributed by atoms with E-state index < -0.39 is 0 Å². The molecule has 1 fully saturated rings. The van der Waals surface area contributed by atoms with E-state index >= 15 is 0 Å². The molecule has 12 heavy (non-hydrogen) atoms. The molecule has 0 aromatic rings. The summed E-state index contributed by atoms with van der Waals surface area (Å²) in [5.41, 5.74) is 0. The number of hydrogen-bond donors (Lipinski definition) is 0. The average molecular weight is 280 g/mol. The monoisotopic (exact) mass is 280 g/mol. The summed E-state index contributed by atoms with van der Waals surface area (Å²) < 4.78 is 11.2. The summed E-state index contributed by atoms with van der Waals surface area (Å²) in [4.78, 5) is 0. The SMILES string of the molecule is IC1OC2CC/C=C/CCC2O1. The zero-order valence-electron chi connectivity index (χ0n) is 6.91. The van der Waals surface area contributed by atoms with E-state index in [1.165, 1.54) is 0 Å². The van der Waals surface area contributed by atoms with E-state index in [-0.39, 0.29) is 4.30 Å². The molecule has 2 atom stereocenters. The molecule has 0 spiro atoms. The first-order valence-corrected chi connectivity index (χ1v) is 5.71.